The first-order valence-electron chi connectivity index (χ1n) is 8.18. The van der Waals surface area contributed by atoms with Gasteiger partial charge in [0.15, 0.2) is 5.13 Å². The maximum Gasteiger partial charge on any atom is 0.307 e. The molecular formula is C18H18N2O3S. The third kappa shape index (κ3) is 2.41. The van der Waals surface area contributed by atoms with E-state index in [2.05, 4.69) is 23.3 Å². The number of carbonyl (C=O) groups is 2. The van der Waals surface area contributed by atoms with Crippen LogP contribution in [0.1, 0.15) is 18.9 Å². The highest BCUT2D eigenvalue weighted by Crippen LogP contribution is 2.48. The number of nitrogens with one attached hydrogen (secondary N) is 1. The van der Waals surface area contributed by atoms with Crippen molar-refractivity contribution in [3.63, 3.8) is 0 Å². The number of nitrogens with zero attached hydrogens (tertiary/aromatic N) is 1. The molecule has 0 radical (unpaired) electrons. The van der Waals surface area contributed by atoms with Crippen LogP contribution in [0.3, 0.4) is 0 Å². The summed E-state index contributed by atoms with van der Waals surface area (Å²) in [6.07, 6.45) is 5.64. The standard InChI is InChI=1S/C18H18N2O3S/c1-2-9-3-6-12-13(7-9)24-18(19-12)20-16(21)14-10-4-5-11(8-10)15(14)17(22)23/h3-7,10-11,14-15H,2,8H2,1H3,(H,22,23)(H,19,20,21)/t10?,11?,14-,15+/m1/s1. The zero-order chi connectivity index (χ0) is 16.8. The fourth-order valence-electron chi connectivity index (χ4n) is 3.95. The second kappa shape index (κ2) is 5.70. The lowest BCUT2D eigenvalue weighted by molar-refractivity contribution is -0.146. The number of aliphatic carboxylic acids is 1. The Kier molecular flexibility index (Phi) is 3.64. The van der Waals surface area contributed by atoms with Crippen molar-refractivity contribution < 1.29 is 14.7 Å². The summed E-state index contributed by atoms with van der Waals surface area (Å²) in [6.45, 7) is 2.10. The van der Waals surface area contributed by atoms with Crippen molar-refractivity contribution in [1.29, 1.82) is 0 Å². The molecule has 2 aromatic rings. The molecule has 1 amide bonds. The molecule has 2 aliphatic rings. The lowest BCUT2D eigenvalue weighted by Crippen LogP contribution is -2.36. The van der Waals surface area contributed by atoms with Gasteiger partial charge >= 0.3 is 5.97 Å². The van der Waals surface area contributed by atoms with E-state index < -0.39 is 17.8 Å². The summed E-state index contributed by atoms with van der Waals surface area (Å²) in [5, 5.41) is 12.9. The second-order valence-corrected chi connectivity index (χ2v) is 7.53. The number of thiazole rings is 1. The molecule has 5 nitrogen and oxygen atoms in total. The number of anilines is 1. The summed E-state index contributed by atoms with van der Waals surface area (Å²) in [7, 11) is 0. The smallest absolute Gasteiger partial charge is 0.307 e. The molecule has 1 heterocycles. The van der Waals surface area contributed by atoms with E-state index in [1.807, 2.05) is 24.3 Å². The molecule has 1 aromatic heterocycles. The Morgan fingerprint density at radius 1 is 1.29 bits per heavy atom. The molecule has 6 heteroatoms. The summed E-state index contributed by atoms with van der Waals surface area (Å²) in [5.74, 6) is -2.24. The number of rotatable bonds is 4. The SMILES string of the molecule is CCc1ccc2nc(NC(=O)[C@@H]3C4C=CC(C4)[C@@H]3C(=O)O)sc2c1. The van der Waals surface area contributed by atoms with E-state index in [9.17, 15) is 14.7 Å². The molecule has 2 unspecified atom stereocenters. The summed E-state index contributed by atoms with van der Waals surface area (Å²) in [6, 6.07) is 6.08. The van der Waals surface area contributed by atoms with E-state index in [1.165, 1.54) is 16.9 Å². The molecule has 0 spiro atoms. The van der Waals surface area contributed by atoms with Crippen molar-refractivity contribution in [2.45, 2.75) is 19.8 Å². The molecule has 0 saturated heterocycles. The number of aryl methyl sites for hydroxylation is 1. The fraction of sp³-hybridized carbons (Fsp3) is 0.389. The van der Waals surface area contributed by atoms with Crippen LogP contribution in [0, 0.1) is 23.7 Å². The number of amides is 1. The fourth-order valence-corrected chi connectivity index (χ4v) is 4.88. The number of allylic oxidation sites excluding steroid dienone is 2. The Morgan fingerprint density at radius 2 is 2.04 bits per heavy atom. The highest BCUT2D eigenvalue weighted by Gasteiger charge is 2.51. The maximum atomic E-state index is 12.7. The molecule has 2 N–H and O–H groups in total. The van der Waals surface area contributed by atoms with E-state index in [1.54, 1.807) is 0 Å². The molecule has 1 fully saturated rings. The first-order chi connectivity index (χ1) is 11.6. The quantitative estimate of drug-likeness (QED) is 0.836. The third-order valence-electron chi connectivity index (χ3n) is 5.14. The van der Waals surface area contributed by atoms with Crippen LogP contribution in [0.4, 0.5) is 5.13 Å². The molecule has 24 heavy (non-hydrogen) atoms. The predicted molar refractivity (Wildman–Crippen MR) is 93.0 cm³/mol. The van der Waals surface area contributed by atoms with Crippen LogP contribution in [0.15, 0.2) is 30.4 Å². The number of carbonyl (C=O) groups excluding carboxylic acids is 1. The molecule has 1 aromatic carbocycles. The van der Waals surface area contributed by atoms with E-state index in [0.29, 0.717) is 5.13 Å². The molecule has 2 aliphatic carbocycles. The zero-order valence-corrected chi connectivity index (χ0v) is 14.0. The van der Waals surface area contributed by atoms with E-state index in [-0.39, 0.29) is 17.7 Å². The van der Waals surface area contributed by atoms with Crippen LogP contribution >= 0.6 is 11.3 Å². The number of hydrogen-bond donors (Lipinski definition) is 2. The van der Waals surface area contributed by atoms with Gasteiger partial charge < -0.3 is 10.4 Å². The maximum absolute atomic E-state index is 12.7. The van der Waals surface area contributed by atoms with Crippen molar-refractivity contribution in [2.75, 3.05) is 5.32 Å². The van der Waals surface area contributed by atoms with Gasteiger partial charge in [0.2, 0.25) is 5.91 Å². The van der Waals surface area contributed by atoms with Crippen molar-refractivity contribution >= 4 is 38.6 Å². The van der Waals surface area contributed by atoms with Gasteiger partial charge in [-0.2, -0.15) is 0 Å². The normalized spacial score (nSPS) is 27.7. The Bertz CT molecular complexity index is 857. The topological polar surface area (TPSA) is 79.3 Å². The molecule has 2 bridgehead atoms. The Balaban J connectivity index is 1.57. The Hall–Kier alpha value is -2.21. The highest BCUT2D eigenvalue weighted by atomic mass is 32.1. The monoisotopic (exact) mass is 342 g/mol. The van der Waals surface area contributed by atoms with Gasteiger partial charge in [0.25, 0.3) is 0 Å². The molecule has 124 valence electrons. The lowest BCUT2D eigenvalue weighted by atomic mass is 9.82. The average Bonchev–Trinajstić information content (AvgIpc) is 3.26. The third-order valence-corrected chi connectivity index (χ3v) is 6.07. The van der Waals surface area contributed by atoms with E-state index in [0.717, 1.165) is 23.1 Å². The largest absolute Gasteiger partial charge is 0.481 e. The van der Waals surface area contributed by atoms with Crippen LogP contribution < -0.4 is 5.32 Å². The van der Waals surface area contributed by atoms with Gasteiger partial charge in [0.1, 0.15) is 0 Å². The molecule has 0 aliphatic heterocycles. The molecule has 4 rings (SSSR count). The van der Waals surface area contributed by atoms with Crippen molar-refractivity contribution in [3.05, 3.63) is 35.9 Å². The van der Waals surface area contributed by atoms with Crippen LogP contribution in [-0.2, 0) is 16.0 Å². The van der Waals surface area contributed by atoms with Gasteiger partial charge in [-0.15, -0.1) is 0 Å². The van der Waals surface area contributed by atoms with Gasteiger partial charge in [0.05, 0.1) is 22.1 Å². The molecule has 1 saturated carbocycles. The van der Waals surface area contributed by atoms with Gasteiger partial charge in [-0.1, -0.05) is 36.5 Å². The van der Waals surface area contributed by atoms with Crippen molar-refractivity contribution in [3.8, 4) is 0 Å². The molecule has 4 atom stereocenters. The number of benzene rings is 1. The Labute approximate surface area is 143 Å². The second-order valence-electron chi connectivity index (χ2n) is 6.50. The highest BCUT2D eigenvalue weighted by molar-refractivity contribution is 7.22. The first kappa shape index (κ1) is 15.3. The Morgan fingerprint density at radius 3 is 2.75 bits per heavy atom. The minimum absolute atomic E-state index is 0.0225. The van der Waals surface area contributed by atoms with Gasteiger partial charge in [-0.05, 0) is 42.4 Å². The summed E-state index contributed by atoms with van der Waals surface area (Å²) < 4.78 is 1.03. The number of carboxylic acid groups (broad SMARTS) is 1. The van der Waals surface area contributed by atoms with Crippen LogP contribution in [0.2, 0.25) is 0 Å². The average molecular weight is 342 g/mol. The van der Waals surface area contributed by atoms with Gasteiger partial charge in [0, 0.05) is 0 Å². The van der Waals surface area contributed by atoms with Crippen molar-refractivity contribution in [1.82, 2.24) is 4.98 Å². The van der Waals surface area contributed by atoms with Crippen molar-refractivity contribution in [2.24, 2.45) is 23.7 Å². The summed E-state index contributed by atoms with van der Waals surface area (Å²) in [5.41, 5.74) is 2.09. The predicted octanol–water partition coefficient (Wildman–Crippen LogP) is 3.32. The van der Waals surface area contributed by atoms with E-state index in [4.69, 9.17) is 0 Å². The zero-order valence-electron chi connectivity index (χ0n) is 13.2. The van der Waals surface area contributed by atoms with Crippen LogP contribution in [0.25, 0.3) is 10.2 Å². The van der Waals surface area contributed by atoms with Gasteiger partial charge in [-0.25, -0.2) is 4.98 Å². The summed E-state index contributed by atoms with van der Waals surface area (Å²) >= 11 is 1.44. The lowest BCUT2D eigenvalue weighted by Gasteiger charge is -2.23. The number of aromatic nitrogens is 1. The van der Waals surface area contributed by atoms with Crippen LogP contribution in [0.5, 0.6) is 0 Å². The van der Waals surface area contributed by atoms with Crippen LogP contribution in [-0.4, -0.2) is 22.0 Å². The van der Waals surface area contributed by atoms with E-state index >= 15 is 0 Å². The first-order valence-corrected chi connectivity index (χ1v) is 9.00. The molecular weight excluding hydrogens is 324 g/mol. The minimum Gasteiger partial charge on any atom is -0.481 e. The number of carboxylic acids is 1. The summed E-state index contributed by atoms with van der Waals surface area (Å²) in [4.78, 5) is 28.7. The minimum atomic E-state index is -0.885. The number of hydrogen-bond acceptors (Lipinski definition) is 4. The van der Waals surface area contributed by atoms with Gasteiger partial charge in [-0.3, -0.25) is 9.59 Å². The number of fused-ring (bicyclic) bond motifs is 3.